The Morgan fingerprint density at radius 2 is 2.13 bits per heavy atom. The highest BCUT2D eigenvalue weighted by molar-refractivity contribution is 8.00. The molecular weight excluding hydrogens is 202 g/mol. The Balaban J connectivity index is 2.07. The maximum atomic E-state index is 3.66. The summed E-state index contributed by atoms with van der Waals surface area (Å²) in [5, 5.41) is 4.47. The van der Waals surface area contributed by atoms with E-state index in [1.807, 2.05) is 0 Å². The first-order valence-electron chi connectivity index (χ1n) is 5.60. The number of aryl methyl sites for hydroxylation is 2. The molecule has 1 aromatic rings. The SMILES string of the molecule is Cc1ccc(C)c(NC2CSC(C)C2)c1. The maximum Gasteiger partial charge on any atom is 0.0374 e. The van der Waals surface area contributed by atoms with E-state index in [1.54, 1.807) is 0 Å². The lowest BCUT2D eigenvalue weighted by atomic mass is 10.1. The lowest BCUT2D eigenvalue weighted by Crippen LogP contribution is -2.19. The van der Waals surface area contributed by atoms with Crippen molar-refractivity contribution in [3.63, 3.8) is 0 Å². The summed E-state index contributed by atoms with van der Waals surface area (Å²) in [7, 11) is 0. The monoisotopic (exact) mass is 221 g/mol. The Bertz CT molecular complexity index is 348. The molecule has 15 heavy (non-hydrogen) atoms. The lowest BCUT2D eigenvalue weighted by Gasteiger charge is -2.16. The first-order valence-corrected chi connectivity index (χ1v) is 6.65. The van der Waals surface area contributed by atoms with Crippen LogP contribution in [-0.4, -0.2) is 17.0 Å². The molecule has 2 rings (SSSR count). The molecule has 2 atom stereocenters. The molecule has 0 amide bonds. The fourth-order valence-electron chi connectivity index (χ4n) is 2.03. The number of thioether (sulfide) groups is 1. The van der Waals surface area contributed by atoms with Crippen LogP contribution in [0.1, 0.15) is 24.5 Å². The molecule has 1 heterocycles. The Labute approximate surface area is 96.7 Å². The van der Waals surface area contributed by atoms with E-state index in [9.17, 15) is 0 Å². The summed E-state index contributed by atoms with van der Waals surface area (Å²) < 4.78 is 0. The molecule has 2 heteroatoms. The average Bonchev–Trinajstić information content (AvgIpc) is 2.58. The molecule has 0 spiro atoms. The van der Waals surface area contributed by atoms with Crippen LogP contribution in [0.2, 0.25) is 0 Å². The molecule has 82 valence electrons. The second-order valence-corrected chi connectivity index (χ2v) is 6.01. The van der Waals surface area contributed by atoms with Crippen LogP contribution in [0.25, 0.3) is 0 Å². The topological polar surface area (TPSA) is 12.0 Å². The van der Waals surface area contributed by atoms with Gasteiger partial charge >= 0.3 is 0 Å². The predicted molar refractivity (Wildman–Crippen MR) is 69.9 cm³/mol. The van der Waals surface area contributed by atoms with E-state index in [1.165, 1.54) is 29.0 Å². The molecule has 1 saturated heterocycles. The molecule has 1 aliphatic rings. The van der Waals surface area contributed by atoms with Crippen molar-refractivity contribution >= 4 is 17.4 Å². The highest BCUT2D eigenvalue weighted by atomic mass is 32.2. The van der Waals surface area contributed by atoms with Crippen molar-refractivity contribution in [1.29, 1.82) is 0 Å². The van der Waals surface area contributed by atoms with Gasteiger partial charge in [-0.1, -0.05) is 19.1 Å². The zero-order valence-corrected chi connectivity index (χ0v) is 10.5. The summed E-state index contributed by atoms with van der Waals surface area (Å²) in [5.74, 6) is 1.24. The minimum atomic E-state index is 0.658. The van der Waals surface area contributed by atoms with E-state index in [0.717, 1.165) is 5.25 Å². The molecule has 2 unspecified atom stereocenters. The van der Waals surface area contributed by atoms with Gasteiger partial charge in [0.05, 0.1) is 0 Å². The Kier molecular flexibility index (Phi) is 3.25. The van der Waals surface area contributed by atoms with Crippen molar-refractivity contribution in [2.24, 2.45) is 0 Å². The van der Waals surface area contributed by atoms with Crippen LogP contribution in [0.5, 0.6) is 0 Å². The van der Waals surface area contributed by atoms with Crippen LogP contribution in [0.4, 0.5) is 5.69 Å². The fourth-order valence-corrected chi connectivity index (χ4v) is 3.18. The van der Waals surface area contributed by atoms with Gasteiger partial charge in [-0.05, 0) is 37.5 Å². The number of hydrogen-bond donors (Lipinski definition) is 1. The van der Waals surface area contributed by atoms with Gasteiger partial charge in [0.1, 0.15) is 0 Å². The third-order valence-corrected chi connectivity index (χ3v) is 4.31. The van der Waals surface area contributed by atoms with E-state index in [-0.39, 0.29) is 0 Å². The van der Waals surface area contributed by atoms with Crippen molar-refractivity contribution in [3.05, 3.63) is 29.3 Å². The van der Waals surface area contributed by atoms with Gasteiger partial charge in [-0.15, -0.1) is 0 Å². The number of benzene rings is 1. The minimum Gasteiger partial charge on any atom is -0.381 e. The van der Waals surface area contributed by atoms with Crippen molar-refractivity contribution < 1.29 is 0 Å². The first-order chi connectivity index (χ1) is 7.15. The van der Waals surface area contributed by atoms with Crippen molar-refractivity contribution in [1.82, 2.24) is 0 Å². The molecule has 0 saturated carbocycles. The van der Waals surface area contributed by atoms with Crippen LogP contribution in [0.15, 0.2) is 18.2 Å². The summed E-state index contributed by atoms with van der Waals surface area (Å²) in [6, 6.07) is 7.28. The molecule has 1 N–H and O–H groups in total. The molecule has 0 aromatic heterocycles. The lowest BCUT2D eigenvalue weighted by molar-refractivity contribution is 0.746. The van der Waals surface area contributed by atoms with Crippen molar-refractivity contribution in [3.8, 4) is 0 Å². The van der Waals surface area contributed by atoms with Crippen molar-refractivity contribution in [2.45, 2.75) is 38.5 Å². The van der Waals surface area contributed by atoms with Crippen molar-refractivity contribution in [2.75, 3.05) is 11.1 Å². The van der Waals surface area contributed by atoms with Gasteiger partial charge < -0.3 is 5.32 Å². The van der Waals surface area contributed by atoms with Gasteiger partial charge in [0.15, 0.2) is 0 Å². The zero-order chi connectivity index (χ0) is 10.8. The average molecular weight is 221 g/mol. The summed E-state index contributed by atoms with van der Waals surface area (Å²) >= 11 is 2.07. The van der Waals surface area contributed by atoms with Gasteiger partial charge in [-0.25, -0.2) is 0 Å². The Morgan fingerprint density at radius 1 is 1.33 bits per heavy atom. The van der Waals surface area contributed by atoms with Crippen LogP contribution >= 0.6 is 11.8 Å². The highest BCUT2D eigenvalue weighted by Gasteiger charge is 2.21. The molecule has 1 aromatic carbocycles. The highest BCUT2D eigenvalue weighted by Crippen LogP contribution is 2.29. The van der Waals surface area contributed by atoms with Crippen LogP contribution in [0, 0.1) is 13.8 Å². The van der Waals surface area contributed by atoms with Crippen LogP contribution < -0.4 is 5.32 Å². The fraction of sp³-hybridized carbons (Fsp3) is 0.538. The van der Waals surface area contributed by atoms with E-state index in [0.29, 0.717) is 6.04 Å². The van der Waals surface area contributed by atoms with E-state index in [2.05, 4.69) is 56.0 Å². The van der Waals surface area contributed by atoms with Crippen LogP contribution in [-0.2, 0) is 0 Å². The Hall–Kier alpha value is -0.630. The minimum absolute atomic E-state index is 0.658. The maximum absolute atomic E-state index is 3.66. The number of anilines is 1. The van der Waals surface area contributed by atoms with Crippen LogP contribution in [0.3, 0.4) is 0 Å². The number of rotatable bonds is 2. The molecule has 0 radical (unpaired) electrons. The predicted octanol–water partition coefficient (Wildman–Crippen LogP) is 3.61. The second kappa shape index (κ2) is 4.48. The normalized spacial score (nSPS) is 25.5. The number of nitrogens with one attached hydrogen (secondary N) is 1. The third kappa shape index (κ3) is 2.69. The molecule has 1 fully saturated rings. The van der Waals surface area contributed by atoms with Gasteiger partial charge in [0.2, 0.25) is 0 Å². The van der Waals surface area contributed by atoms with E-state index < -0.39 is 0 Å². The van der Waals surface area contributed by atoms with Gasteiger partial charge in [0.25, 0.3) is 0 Å². The molecule has 1 nitrogen and oxygen atoms in total. The largest absolute Gasteiger partial charge is 0.381 e. The zero-order valence-electron chi connectivity index (χ0n) is 9.71. The molecular formula is C13H19NS. The quantitative estimate of drug-likeness (QED) is 0.819. The molecule has 0 bridgehead atoms. The van der Waals surface area contributed by atoms with Gasteiger partial charge in [-0.2, -0.15) is 11.8 Å². The molecule has 1 aliphatic heterocycles. The van der Waals surface area contributed by atoms with E-state index >= 15 is 0 Å². The third-order valence-electron chi connectivity index (χ3n) is 2.95. The Morgan fingerprint density at radius 3 is 2.80 bits per heavy atom. The standard InChI is InChI=1S/C13H19NS/c1-9-4-5-10(2)13(6-9)14-12-7-11(3)15-8-12/h4-6,11-12,14H,7-8H2,1-3H3. The van der Waals surface area contributed by atoms with Gasteiger partial charge in [0, 0.05) is 22.7 Å². The summed E-state index contributed by atoms with van der Waals surface area (Å²) in [4.78, 5) is 0. The summed E-state index contributed by atoms with van der Waals surface area (Å²) in [6.07, 6.45) is 1.29. The van der Waals surface area contributed by atoms with Gasteiger partial charge in [-0.3, -0.25) is 0 Å². The van der Waals surface area contributed by atoms with E-state index in [4.69, 9.17) is 0 Å². The number of hydrogen-bond acceptors (Lipinski definition) is 2. The summed E-state index contributed by atoms with van der Waals surface area (Å²) in [6.45, 7) is 6.64. The second-order valence-electron chi connectivity index (χ2n) is 4.54. The molecule has 0 aliphatic carbocycles. The summed E-state index contributed by atoms with van der Waals surface area (Å²) in [5.41, 5.74) is 4.00. The smallest absolute Gasteiger partial charge is 0.0374 e. The first kappa shape index (κ1) is 10.9.